The second kappa shape index (κ2) is 7.64. The molecule has 1 nitrogen and oxygen atoms in total. The van der Waals surface area contributed by atoms with Crippen LogP contribution in [-0.2, 0) is 0 Å². The molecule has 1 aromatic carbocycles. The number of hydrogen-bond donors (Lipinski definition) is 1. The van der Waals surface area contributed by atoms with E-state index in [0.717, 1.165) is 11.1 Å². The maximum Gasteiger partial charge on any atom is 0.129 e. The van der Waals surface area contributed by atoms with Gasteiger partial charge < -0.3 is 5.32 Å². The molecule has 0 amide bonds. The van der Waals surface area contributed by atoms with Crippen LogP contribution in [0.25, 0.3) is 0 Å². The normalized spacial score (nSPS) is 13.0. The predicted molar refractivity (Wildman–Crippen MR) is 81.0 cm³/mol. The highest BCUT2D eigenvalue weighted by Gasteiger charge is 2.21. The molecule has 1 N–H and O–H groups in total. The molecule has 2 heteroatoms. The van der Waals surface area contributed by atoms with Crippen molar-refractivity contribution >= 4 is 0 Å². The van der Waals surface area contributed by atoms with Gasteiger partial charge in [-0.05, 0) is 56.3 Å². The van der Waals surface area contributed by atoms with Crippen LogP contribution in [0.1, 0.15) is 62.3 Å². The summed E-state index contributed by atoms with van der Waals surface area (Å²) in [4.78, 5) is 0. The molecule has 0 aromatic heterocycles. The molecule has 1 atom stereocenters. The van der Waals surface area contributed by atoms with E-state index in [1.54, 1.807) is 0 Å². The third-order valence-corrected chi connectivity index (χ3v) is 3.92. The van der Waals surface area contributed by atoms with E-state index in [-0.39, 0.29) is 5.82 Å². The Labute approximate surface area is 117 Å². The van der Waals surface area contributed by atoms with Crippen molar-refractivity contribution in [1.82, 2.24) is 5.32 Å². The highest BCUT2D eigenvalue weighted by atomic mass is 19.1. The average molecular weight is 265 g/mol. The molecule has 0 saturated heterocycles. The molecule has 108 valence electrons. The summed E-state index contributed by atoms with van der Waals surface area (Å²) in [5.41, 5.74) is 2.73. The number of hydrogen-bond acceptors (Lipinski definition) is 1. The molecule has 0 bridgehead atoms. The van der Waals surface area contributed by atoms with E-state index in [1.807, 2.05) is 33.0 Å². The monoisotopic (exact) mass is 265 g/mol. The summed E-state index contributed by atoms with van der Waals surface area (Å²) in [6.45, 7) is 8.17. The summed E-state index contributed by atoms with van der Waals surface area (Å²) >= 11 is 0. The minimum absolute atomic E-state index is 0.0684. The Bertz CT molecular complexity index is 371. The van der Waals surface area contributed by atoms with Crippen LogP contribution >= 0.6 is 0 Å². The van der Waals surface area contributed by atoms with Crippen molar-refractivity contribution < 1.29 is 4.39 Å². The Morgan fingerprint density at radius 3 is 1.89 bits per heavy atom. The number of benzene rings is 1. The van der Waals surface area contributed by atoms with Gasteiger partial charge in [0.2, 0.25) is 0 Å². The summed E-state index contributed by atoms with van der Waals surface area (Å²) in [5, 5.41) is 3.44. The van der Waals surface area contributed by atoms with Gasteiger partial charge >= 0.3 is 0 Å². The van der Waals surface area contributed by atoms with Crippen LogP contribution in [0.4, 0.5) is 4.39 Å². The minimum atomic E-state index is -0.0684. The summed E-state index contributed by atoms with van der Waals surface area (Å²) in [6, 6.07) is 4.33. The van der Waals surface area contributed by atoms with Gasteiger partial charge in [0, 0.05) is 6.04 Å². The van der Waals surface area contributed by atoms with Crippen LogP contribution in [0.2, 0.25) is 0 Å². The molecule has 0 heterocycles. The van der Waals surface area contributed by atoms with Gasteiger partial charge in [-0.3, -0.25) is 0 Å². The van der Waals surface area contributed by atoms with Gasteiger partial charge in [-0.2, -0.15) is 0 Å². The lowest BCUT2D eigenvalue weighted by atomic mass is 9.85. The Hall–Kier alpha value is -0.890. The zero-order valence-corrected chi connectivity index (χ0v) is 13.0. The molecular formula is C17H28FN. The van der Waals surface area contributed by atoms with E-state index in [2.05, 4.69) is 19.2 Å². The summed E-state index contributed by atoms with van der Waals surface area (Å²) in [5.74, 6) is 0.561. The van der Waals surface area contributed by atoms with Crippen LogP contribution in [0.15, 0.2) is 12.1 Å². The molecule has 1 aromatic rings. The summed E-state index contributed by atoms with van der Waals surface area (Å²) < 4.78 is 13.8. The van der Waals surface area contributed by atoms with E-state index >= 15 is 0 Å². The van der Waals surface area contributed by atoms with Crippen LogP contribution in [0, 0.1) is 25.6 Å². The van der Waals surface area contributed by atoms with Gasteiger partial charge in [-0.15, -0.1) is 0 Å². The lowest BCUT2D eigenvalue weighted by Gasteiger charge is -2.27. The summed E-state index contributed by atoms with van der Waals surface area (Å²) in [6.07, 6.45) is 4.83. The van der Waals surface area contributed by atoms with Gasteiger partial charge in [-0.1, -0.05) is 38.8 Å². The molecule has 0 saturated carbocycles. The average Bonchev–Trinajstić information content (AvgIpc) is 2.37. The number of rotatable bonds is 7. The molecule has 1 rings (SSSR count). The van der Waals surface area contributed by atoms with Crippen molar-refractivity contribution in [2.45, 2.75) is 59.4 Å². The Morgan fingerprint density at radius 2 is 1.53 bits per heavy atom. The molecular weight excluding hydrogens is 237 g/mol. The Kier molecular flexibility index (Phi) is 6.50. The van der Waals surface area contributed by atoms with Gasteiger partial charge in [0.05, 0.1) is 0 Å². The van der Waals surface area contributed by atoms with Crippen LogP contribution in [0.5, 0.6) is 0 Å². The second-order valence-corrected chi connectivity index (χ2v) is 5.57. The third kappa shape index (κ3) is 4.04. The molecule has 0 aliphatic heterocycles. The van der Waals surface area contributed by atoms with Crippen molar-refractivity contribution in [2.24, 2.45) is 5.92 Å². The quantitative estimate of drug-likeness (QED) is 0.738. The number of halogens is 1. The lowest BCUT2D eigenvalue weighted by molar-refractivity contribution is 0.330. The largest absolute Gasteiger partial charge is 0.313 e. The zero-order valence-electron chi connectivity index (χ0n) is 13.0. The Morgan fingerprint density at radius 1 is 1.05 bits per heavy atom. The lowest BCUT2D eigenvalue weighted by Crippen LogP contribution is -2.25. The van der Waals surface area contributed by atoms with Crippen molar-refractivity contribution in [2.75, 3.05) is 7.05 Å². The topological polar surface area (TPSA) is 12.0 Å². The SMILES string of the molecule is CCCC(CCC)C(NC)c1cc(C)c(F)c(C)c1. The van der Waals surface area contributed by atoms with E-state index in [0.29, 0.717) is 12.0 Å². The number of aryl methyl sites for hydroxylation is 2. The fourth-order valence-electron chi connectivity index (χ4n) is 3.05. The molecule has 0 radical (unpaired) electrons. The zero-order chi connectivity index (χ0) is 14.4. The van der Waals surface area contributed by atoms with Crippen LogP contribution in [0.3, 0.4) is 0 Å². The van der Waals surface area contributed by atoms with Crippen molar-refractivity contribution in [3.63, 3.8) is 0 Å². The first kappa shape index (κ1) is 16.2. The molecule has 0 fully saturated rings. The van der Waals surface area contributed by atoms with Crippen LogP contribution < -0.4 is 5.32 Å². The van der Waals surface area contributed by atoms with Crippen molar-refractivity contribution in [3.05, 3.63) is 34.6 Å². The van der Waals surface area contributed by atoms with Gasteiger partial charge in [0.15, 0.2) is 0 Å². The van der Waals surface area contributed by atoms with E-state index < -0.39 is 0 Å². The maximum absolute atomic E-state index is 13.8. The van der Waals surface area contributed by atoms with Crippen molar-refractivity contribution in [3.8, 4) is 0 Å². The van der Waals surface area contributed by atoms with Gasteiger partial charge in [0.1, 0.15) is 5.82 Å². The predicted octanol–water partition coefficient (Wildman–Crippen LogP) is 4.92. The van der Waals surface area contributed by atoms with E-state index in [1.165, 1.54) is 31.2 Å². The molecule has 0 aliphatic rings. The summed E-state index contributed by atoms with van der Waals surface area (Å²) in [7, 11) is 2.01. The van der Waals surface area contributed by atoms with Gasteiger partial charge in [-0.25, -0.2) is 4.39 Å². The molecule has 1 unspecified atom stereocenters. The first-order chi connectivity index (χ1) is 9.04. The fourth-order valence-corrected chi connectivity index (χ4v) is 3.05. The maximum atomic E-state index is 13.8. The standard InChI is InChI=1S/C17H28FN/c1-6-8-14(9-7-2)17(19-5)15-10-12(3)16(18)13(4)11-15/h10-11,14,17,19H,6-9H2,1-5H3. The first-order valence-corrected chi connectivity index (χ1v) is 7.49. The molecule has 0 spiro atoms. The van der Waals surface area contributed by atoms with E-state index in [9.17, 15) is 4.39 Å². The first-order valence-electron chi connectivity index (χ1n) is 7.49. The molecule has 0 aliphatic carbocycles. The second-order valence-electron chi connectivity index (χ2n) is 5.57. The van der Waals surface area contributed by atoms with Gasteiger partial charge in [0.25, 0.3) is 0 Å². The number of nitrogens with one attached hydrogen (secondary N) is 1. The fraction of sp³-hybridized carbons (Fsp3) is 0.647. The van der Waals surface area contributed by atoms with Crippen molar-refractivity contribution in [1.29, 1.82) is 0 Å². The Balaban J connectivity index is 3.07. The smallest absolute Gasteiger partial charge is 0.129 e. The minimum Gasteiger partial charge on any atom is -0.313 e. The highest BCUT2D eigenvalue weighted by Crippen LogP contribution is 2.31. The third-order valence-electron chi connectivity index (χ3n) is 3.92. The molecule has 19 heavy (non-hydrogen) atoms. The van der Waals surface area contributed by atoms with E-state index in [4.69, 9.17) is 0 Å². The van der Waals surface area contributed by atoms with Crippen LogP contribution in [-0.4, -0.2) is 7.05 Å². The highest BCUT2D eigenvalue weighted by molar-refractivity contribution is 5.32.